The van der Waals surface area contributed by atoms with Crippen molar-refractivity contribution in [2.45, 2.75) is 127 Å². The molecule has 29 heavy (non-hydrogen) atoms. The van der Waals surface area contributed by atoms with Crippen LogP contribution in [-0.2, 0) is 9.53 Å². The SMILES string of the molecule is C=C(C)C(=O)OCCCCCCCCCCCCCCCCCCC[Si]C(Cl)Cl. The van der Waals surface area contributed by atoms with E-state index in [0.29, 0.717) is 21.7 Å². The van der Waals surface area contributed by atoms with Crippen LogP contribution >= 0.6 is 23.2 Å². The largest absolute Gasteiger partial charge is 0.462 e. The van der Waals surface area contributed by atoms with Gasteiger partial charge in [0.2, 0.25) is 0 Å². The predicted molar refractivity (Wildman–Crippen MR) is 130 cm³/mol. The Morgan fingerprint density at radius 2 is 1.07 bits per heavy atom. The van der Waals surface area contributed by atoms with Crippen LogP contribution in [0, 0.1) is 0 Å². The molecule has 0 aliphatic heterocycles. The first-order chi connectivity index (χ1) is 14.0. The molecule has 0 N–H and O–H groups in total. The second-order valence-electron chi connectivity index (χ2n) is 8.18. The van der Waals surface area contributed by atoms with Gasteiger partial charge in [-0.2, -0.15) is 0 Å². The predicted octanol–water partition coefficient (Wildman–Crippen LogP) is 8.62. The lowest BCUT2D eigenvalue weighted by molar-refractivity contribution is -0.139. The van der Waals surface area contributed by atoms with Gasteiger partial charge >= 0.3 is 5.97 Å². The zero-order valence-corrected chi connectivity index (χ0v) is 21.3. The number of carbonyl (C=O) groups is 1. The minimum Gasteiger partial charge on any atom is -0.462 e. The summed E-state index contributed by atoms with van der Waals surface area (Å²) in [4.78, 5) is 11.2. The average molecular weight is 464 g/mol. The number of rotatable bonds is 22. The molecule has 2 radical (unpaired) electrons. The zero-order valence-electron chi connectivity index (χ0n) is 18.8. The molecular formula is C24H44Cl2O2Si. The highest BCUT2D eigenvalue weighted by atomic mass is 35.5. The van der Waals surface area contributed by atoms with Gasteiger partial charge in [-0.15, -0.1) is 23.2 Å². The summed E-state index contributed by atoms with van der Waals surface area (Å²) in [5.41, 5.74) is 0.487. The normalized spacial score (nSPS) is 11.2. The van der Waals surface area contributed by atoms with E-state index in [1.54, 1.807) is 6.92 Å². The van der Waals surface area contributed by atoms with E-state index in [-0.39, 0.29) is 10.4 Å². The second-order valence-corrected chi connectivity index (χ2v) is 11.5. The zero-order chi connectivity index (χ0) is 21.6. The Bertz CT molecular complexity index is 389. The van der Waals surface area contributed by atoms with Crippen LogP contribution < -0.4 is 0 Å². The number of halogens is 2. The van der Waals surface area contributed by atoms with Crippen LogP contribution in [0.4, 0.5) is 0 Å². The van der Waals surface area contributed by atoms with Crippen LogP contribution in [0.1, 0.15) is 116 Å². The third-order valence-corrected chi connectivity index (χ3v) is 7.08. The summed E-state index contributed by atoms with van der Waals surface area (Å²) in [7, 11) is 0.711. The Labute approximate surface area is 193 Å². The summed E-state index contributed by atoms with van der Waals surface area (Å²) in [5, 5.41) is 0. The van der Waals surface area contributed by atoms with Gasteiger partial charge < -0.3 is 4.74 Å². The number of unbranched alkanes of at least 4 members (excludes halogenated alkanes) is 16. The molecule has 0 saturated carbocycles. The molecule has 0 saturated heterocycles. The summed E-state index contributed by atoms with van der Waals surface area (Å²) in [5.74, 6) is -0.259. The van der Waals surface area contributed by atoms with E-state index in [4.69, 9.17) is 27.9 Å². The van der Waals surface area contributed by atoms with Crippen molar-refractivity contribution in [3.63, 3.8) is 0 Å². The van der Waals surface area contributed by atoms with Crippen molar-refractivity contribution in [2.24, 2.45) is 0 Å². The first kappa shape index (κ1) is 29.0. The van der Waals surface area contributed by atoms with Gasteiger partial charge in [0.25, 0.3) is 0 Å². The van der Waals surface area contributed by atoms with Crippen molar-refractivity contribution in [1.29, 1.82) is 0 Å². The molecule has 0 aromatic carbocycles. The summed E-state index contributed by atoms with van der Waals surface area (Å²) in [6.45, 7) is 5.81. The van der Waals surface area contributed by atoms with E-state index in [1.165, 1.54) is 102 Å². The number of hydrogen-bond donors (Lipinski definition) is 0. The van der Waals surface area contributed by atoms with Crippen LogP contribution in [0.5, 0.6) is 0 Å². The van der Waals surface area contributed by atoms with Crippen LogP contribution in [-0.4, -0.2) is 26.6 Å². The highest BCUT2D eigenvalue weighted by molar-refractivity contribution is 6.68. The van der Waals surface area contributed by atoms with E-state index in [2.05, 4.69) is 6.58 Å². The molecule has 0 aliphatic rings. The average Bonchev–Trinajstić information content (AvgIpc) is 2.68. The van der Waals surface area contributed by atoms with Crippen molar-refractivity contribution in [1.82, 2.24) is 0 Å². The Hall–Kier alpha value is 0.00688. The van der Waals surface area contributed by atoms with E-state index >= 15 is 0 Å². The van der Waals surface area contributed by atoms with E-state index in [1.807, 2.05) is 0 Å². The number of ether oxygens (including phenoxy) is 1. The van der Waals surface area contributed by atoms with Gasteiger partial charge in [-0.1, -0.05) is 115 Å². The first-order valence-corrected chi connectivity index (χ1v) is 14.0. The summed E-state index contributed by atoms with van der Waals surface area (Å²) in [6.07, 6.45) is 22.7. The Balaban J connectivity index is 3.07. The van der Waals surface area contributed by atoms with E-state index in [9.17, 15) is 4.79 Å². The monoisotopic (exact) mass is 462 g/mol. The molecular weight excluding hydrogens is 419 g/mol. The van der Waals surface area contributed by atoms with Crippen molar-refractivity contribution >= 4 is 38.7 Å². The number of alkyl halides is 2. The highest BCUT2D eigenvalue weighted by Gasteiger charge is 2.02. The summed E-state index contributed by atoms with van der Waals surface area (Å²) < 4.78 is 4.95. The van der Waals surface area contributed by atoms with Crippen molar-refractivity contribution in [3.8, 4) is 0 Å². The summed E-state index contributed by atoms with van der Waals surface area (Å²) in [6, 6.07) is 1.20. The van der Waals surface area contributed by atoms with Crippen molar-refractivity contribution < 1.29 is 9.53 Å². The van der Waals surface area contributed by atoms with E-state index < -0.39 is 0 Å². The maximum absolute atomic E-state index is 11.2. The molecule has 0 rings (SSSR count). The summed E-state index contributed by atoms with van der Waals surface area (Å²) >= 11 is 11.5. The minimum atomic E-state index is -0.259. The van der Waals surface area contributed by atoms with Gasteiger partial charge in [0.15, 0.2) is 0 Å². The minimum absolute atomic E-state index is 0.147. The smallest absolute Gasteiger partial charge is 0.333 e. The topological polar surface area (TPSA) is 26.3 Å². The van der Waals surface area contributed by atoms with Gasteiger partial charge in [-0.25, -0.2) is 4.79 Å². The molecule has 0 atom stereocenters. The quantitative estimate of drug-likeness (QED) is 0.0528. The molecule has 0 aromatic rings. The lowest BCUT2D eigenvalue weighted by atomic mass is 10.0. The fourth-order valence-corrected chi connectivity index (χ4v) is 4.70. The van der Waals surface area contributed by atoms with Gasteiger partial charge in [0.05, 0.1) is 20.6 Å². The molecule has 2 nitrogen and oxygen atoms in total. The molecule has 0 fully saturated rings. The Kier molecular flexibility index (Phi) is 22.7. The van der Waals surface area contributed by atoms with Crippen LogP contribution in [0.3, 0.4) is 0 Å². The number of hydrogen-bond acceptors (Lipinski definition) is 2. The third kappa shape index (κ3) is 24.1. The first-order valence-electron chi connectivity index (χ1n) is 11.9. The lowest BCUT2D eigenvalue weighted by Gasteiger charge is -2.05. The van der Waals surface area contributed by atoms with Crippen LogP contribution in [0.25, 0.3) is 0 Å². The van der Waals surface area contributed by atoms with Crippen LogP contribution in [0.15, 0.2) is 12.2 Å². The molecule has 0 aliphatic carbocycles. The highest BCUT2D eigenvalue weighted by Crippen LogP contribution is 2.14. The number of esters is 1. The van der Waals surface area contributed by atoms with Gasteiger partial charge in [-0.3, -0.25) is 0 Å². The van der Waals surface area contributed by atoms with Crippen molar-refractivity contribution in [3.05, 3.63) is 12.2 Å². The second kappa shape index (κ2) is 22.7. The molecule has 0 aromatic heterocycles. The van der Waals surface area contributed by atoms with Crippen molar-refractivity contribution in [2.75, 3.05) is 6.61 Å². The third-order valence-electron chi connectivity index (χ3n) is 5.20. The molecule has 5 heteroatoms. The van der Waals surface area contributed by atoms with Gasteiger partial charge in [0.1, 0.15) is 0 Å². The molecule has 0 bridgehead atoms. The molecule has 0 unspecified atom stereocenters. The molecule has 170 valence electrons. The molecule has 0 heterocycles. The van der Waals surface area contributed by atoms with Gasteiger partial charge in [0, 0.05) is 5.57 Å². The number of carbonyl (C=O) groups excluding carboxylic acids is 1. The van der Waals surface area contributed by atoms with E-state index in [0.717, 1.165) is 12.8 Å². The van der Waals surface area contributed by atoms with Crippen LogP contribution in [0.2, 0.25) is 6.04 Å². The maximum atomic E-state index is 11.2. The molecule has 0 spiro atoms. The lowest BCUT2D eigenvalue weighted by Crippen LogP contribution is -2.05. The molecule has 0 amide bonds. The maximum Gasteiger partial charge on any atom is 0.333 e. The standard InChI is InChI=1S/C24H44Cl2O2Si/c1-22(2)23(27)28-20-18-16-14-12-10-8-6-4-3-5-7-9-11-13-15-17-19-21-29-24(25)26/h24H,1,3-21H2,2H3. The fraction of sp³-hybridized carbons (Fsp3) is 0.875. The fourth-order valence-electron chi connectivity index (χ4n) is 3.38. The Morgan fingerprint density at radius 1 is 0.724 bits per heavy atom. The van der Waals surface area contributed by atoms with Gasteiger partial charge in [-0.05, 0) is 13.3 Å². The Morgan fingerprint density at radius 3 is 1.41 bits per heavy atom.